The molecule has 0 saturated heterocycles. The van der Waals surface area contributed by atoms with Crippen molar-refractivity contribution in [3.8, 4) is 5.75 Å². The van der Waals surface area contributed by atoms with Crippen LogP contribution in [0.25, 0.3) is 16.5 Å². The summed E-state index contributed by atoms with van der Waals surface area (Å²) in [5.41, 5.74) is 1.79. The standard InChI is InChI=1S/C21H23ClN2O5/c1-5-9-27-19(8-4)23-12-13(6-2)20-14-10-18(28-16(7-3)21(25)26)15(22)11-17(14)29-24-20/h5,8,10-12,16H,1,4,6-7,9H2,2-3H3,(H,25,26)/b13-12+,23-19?. The summed E-state index contributed by atoms with van der Waals surface area (Å²) in [5.74, 6) is -0.463. The topological polar surface area (TPSA) is 94.2 Å². The van der Waals surface area contributed by atoms with Gasteiger partial charge < -0.3 is 19.1 Å². The Labute approximate surface area is 174 Å². The summed E-state index contributed by atoms with van der Waals surface area (Å²) >= 11 is 6.22. The molecule has 0 aliphatic rings. The third-order valence-electron chi connectivity index (χ3n) is 4.00. The highest BCUT2D eigenvalue weighted by atomic mass is 35.5. The number of rotatable bonds is 10. The van der Waals surface area contributed by atoms with E-state index in [0.29, 0.717) is 42.0 Å². The number of benzene rings is 1. The Morgan fingerprint density at radius 3 is 2.76 bits per heavy atom. The number of hydrogen-bond donors (Lipinski definition) is 1. The first kappa shape index (κ1) is 22.2. The number of allylic oxidation sites excluding steroid dienone is 1. The smallest absolute Gasteiger partial charge is 0.344 e. The predicted molar refractivity (Wildman–Crippen MR) is 113 cm³/mol. The Morgan fingerprint density at radius 2 is 2.17 bits per heavy atom. The molecule has 1 aromatic heterocycles. The Kier molecular flexibility index (Phi) is 8.03. The maximum Gasteiger partial charge on any atom is 0.344 e. The van der Waals surface area contributed by atoms with Crippen molar-refractivity contribution in [2.75, 3.05) is 6.61 Å². The highest BCUT2D eigenvalue weighted by Gasteiger charge is 2.21. The average Bonchev–Trinajstić information content (AvgIpc) is 3.10. The van der Waals surface area contributed by atoms with Crippen molar-refractivity contribution in [1.82, 2.24) is 5.16 Å². The van der Waals surface area contributed by atoms with Crippen molar-refractivity contribution in [1.29, 1.82) is 0 Å². The van der Waals surface area contributed by atoms with Gasteiger partial charge in [-0.25, -0.2) is 9.79 Å². The molecule has 1 atom stereocenters. The maximum absolute atomic E-state index is 11.3. The normalized spacial score (nSPS) is 13.2. The first-order chi connectivity index (χ1) is 13.9. The van der Waals surface area contributed by atoms with E-state index in [4.69, 9.17) is 25.6 Å². The second-order valence-electron chi connectivity index (χ2n) is 5.94. The molecule has 0 aliphatic carbocycles. The molecule has 1 N–H and O–H groups in total. The molecule has 0 fully saturated rings. The van der Waals surface area contributed by atoms with E-state index in [9.17, 15) is 9.90 Å². The molecule has 0 amide bonds. The average molecular weight is 419 g/mol. The Hall–Kier alpha value is -3.06. The summed E-state index contributed by atoms with van der Waals surface area (Å²) in [5, 5.41) is 14.2. The van der Waals surface area contributed by atoms with E-state index < -0.39 is 12.1 Å². The lowest BCUT2D eigenvalue weighted by atomic mass is 10.1. The molecule has 2 aromatic rings. The molecule has 2 rings (SSSR count). The summed E-state index contributed by atoms with van der Waals surface area (Å²) in [4.78, 5) is 15.6. The number of nitrogens with zero attached hydrogens (tertiary/aromatic N) is 2. The van der Waals surface area contributed by atoms with E-state index in [2.05, 4.69) is 23.3 Å². The van der Waals surface area contributed by atoms with Gasteiger partial charge in [-0.1, -0.05) is 49.8 Å². The van der Waals surface area contributed by atoms with Gasteiger partial charge >= 0.3 is 5.97 Å². The molecule has 0 radical (unpaired) electrons. The maximum atomic E-state index is 11.3. The number of carboxylic acid groups (broad SMARTS) is 1. The van der Waals surface area contributed by atoms with Gasteiger partial charge in [-0.15, -0.1) is 0 Å². The molecule has 7 nitrogen and oxygen atoms in total. The Bertz CT molecular complexity index is 961. The van der Waals surface area contributed by atoms with Crippen LogP contribution in [-0.4, -0.2) is 34.8 Å². The number of aliphatic imine (C=N–C) groups is 1. The van der Waals surface area contributed by atoms with E-state index in [-0.39, 0.29) is 10.8 Å². The van der Waals surface area contributed by atoms with Crippen LogP contribution in [0.5, 0.6) is 5.75 Å². The quantitative estimate of drug-likeness (QED) is 0.321. The summed E-state index contributed by atoms with van der Waals surface area (Å²) in [6, 6.07) is 3.18. The van der Waals surface area contributed by atoms with E-state index in [0.717, 1.165) is 5.57 Å². The number of carbonyl (C=O) groups is 1. The third kappa shape index (κ3) is 5.48. The number of fused-ring (bicyclic) bond motifs is 1. The zero-order valence-corrected chi connectivity index (χ0v) is 17.1. The van der Waals surface area contributed by atoms with Crippen molar-refractivity contribution in [3.05, 3.63) is 54.4 Å². The highest BCUT2D eigenvalue weighted by molar-refractivity contribution is 6.32. The van der Waals surface area contributed by atoms with Gasteiger partial charge in [0, 0.05) is 17.8 Å². The second-order valence-corrected chi connectivity index (χ2v) is 6.35. The molecule has 8 heteroatoms. The van der Waals surface area contributed by atoms with Crippen LogP contribution in [0, 0.1) is 0 Å². The molecule has 1 heterocycles. The monoisotopic (exact) mass is 418 g/mol. The lowest BCUT2D eigenvalue weighted by molar-refractivity contribution is -0.145. The first-order valence-corrected chi connectivity index (χ1v) is 9.44. The van der Waals surface area contributed by atoms with Crippen LogP contribution in [0.3, 0.4) is 0 Å². The lowest BCUT2D eigenvalue weighted by Gasteiger charge is -2.14. The van der Waals surface area contributed by atoms with Crippen molar-refractivity contribution in [3.63, 3.8) is 0 Å². The third-order valence-corrected chi connectivity index (χ3v) is 4.29. The SMILES string of the molecule is C=CCOC(C=C)=N/C=C(\CC)c1noc2cc(Cl)c(OC(CC)C(=O)O)cc12. The Morgan fingerprint density at radius 1 is 1.41 bits per heavy atom. The number of ether oxygens (including phenoxy) is 2. The number of halogens is 1. The summed E-state index contributed by atoms with van der Waals surface area (Å²) < 4.78 is 16.3. The molecule has 0 bridgehead atoms. The van der Waals surface area contributed by atoms with Crippen LogP contribution < -0.4 is 4.74 Å². The van der Waals surface area contributed by atoms with E-state index >= 15 is 0 Å². The van der Waals surface area contributed by atoms with Gasteiger partial charge in [-0.05, 0) is 25.0 Å². The number of aromatic nitrogens is 1. The fourth-order valence-corrected chi connectivity index (χ4v) is 2.68. The summed E-state index contributed by atoms with van der Waals surface area (Å²) in [6.07, 6.45) is 4.64. The van der Waals surface area contributed by atoms with E-state index in [1.54, 1.807) is 31.3 Å². The van der Waals surface area contributed by atoms with Gasteiger partial charge in [0.25, 0.3) is 0 Å². The fourth-order valence-electron chi connectivity index (χ4n) is 2.48. The largest absolute Gasteiger partial charge is 0.479 e. The first-order valence-electron chi connectivity index (χ1n) is 9.06. The van der Waals surface area contributed by atoms with Crippen LogP contribution in [0.15, 0.2) is 53.2 Å². The molecule has 1 unspecified atom stereocenters. The van der Waals surface area contributed by atoms with Crippen LogP contribution in [0.1, 0.15) is 32.4 Å². The van der Waals surface area contributed by atoms with Crippen LogP contribution in [-0.2, 0) is 9.53 Å². The van der Waals surface area contributed by atoms with Gasteiger partial charge in [0.15, 0.2) is 11.7 Å². The zero-order chi connectivity index (χ0) is 21.4. The minimum Gasteiger partial charge on any atom is -0.479 e. The van der Waals surface area contributed by atoms with Crippen molar-refractivity contribution >= 4 is 40.0 Å². The molecule has 154 valence electrons. The van der Waals surface area contributed by atoms with Gasteiger partial charge in [0.05, 0.1) is 10.4 Å². The van der Waals surface area contributed by atoms with Gasteiger partial charge in [-0.3, -0.25) is 0 Å². The van der Waals surface area contributed by atoms with Crippen LogP contribution >= 0.6 is 11.6 Å². The molecule has 0 saturated carbocycles. The van der Waals surface area contributed by atoms with Crippen molar-refractivity contribution in [2.45, 2.75) is 32.8 Å². The molecular formula is C21H23ClN2O5. The molecule has 0 aliphatic heterocycles. The summed E-state index contributed by atoms with van der Waals surface area (Å²) in [6.45, 7) is 11.2. The number of carboxylic acids is 1. The van der Waals surface area contributed by atoms with Crippen LogP contribution in [0.2, 0.25) is 5.02 Å². The van der Waals surface area contributed by atoms with Crippen molar-refractivity contribution in [2.24, 2.45) is 4.99 Å². The second kappa shape index (κ2) is 10.5. The molecule has 29 heavy (non-hydrogen) atoms. The van der Waals surface area contributed by atoms with E-state index in [1.807, 2.05) is 6.92 Å². The zero-order valence-electron chi connectivity index (χ0n) is 16.4. The number of aliphatic carboxylic acids is 1. The van der Waals surface area contributed by atoms with Gasteiger partial charge in [0.1, 0.15) is 18.1 Å². The minimum atomic E-state index is -1.06. The Balaban J connectivity index is 2.46. The summed E-state index contributed by atoms with van der Waals surface area (Å²) in [7, 11) is 0. The van der Waals surface area contributed by atoms with Gasteiger partial charge in [-0.2, -0.15) is 0 Å². The lowest BCUT2D eigenvalue weighted by Crippen LogP contribution is -2.26. The fraction of sp³-hybridized carbons (Fsp3) is 0.286. The predicted octanol–water partition coefficient (Wildman–Crippen LogP) is 5.26. The van der Waals surface area contributed by atoms with Gasteiger partial charge in [0.2, 0.25) is 5.90 Å². The van der Waals surface area contributed by atoms with E-state index in [1.165, 1.54) is 6.08 Å². The molecule has 1 aromatic carbocycles. The van der Waals surface area contributed by atoms with Crippen molar-refractivity contribution < 1.29 is 23.9 Å². The highest BCUT2D eigenvalue weighted by Crippen LogP contribution is 2.35. The minimum absolute atomic E-state index is 0.242. The molecule has 0 spiro atoms. The molecular weight excluding hydrogens is 396 g/mol. The van der Waals surface area contributed by atoms with Crippen LogP contribution in [0.4, 0.5) is 0 Å². The number of hydrogen-bond acceptors (Lipinski definition) is 6.